The lowest BCUT2D eigenvalue weighted by atomic mass is 10.2. The van der Waals surface area contributed by atoms with Gasteiger partial charge >= 0.3 is 0 Å². The van der Waals surface area contributed by atoms with Crippen molar-refractivity contribution < 1.29 is 13.5 Å². The average Bonchev–Trinajstić information content (AvgIpc) is 2.91. The fourth-order valence-electron chi connectivity index (χ4n) is 1.59. The third-order valence-corrected chi connectivity index (χ3v) is 2.57. The Labute approximate surface area is 110 Å². The number of aryl methyl sites for hydroxylation is 1. The number of nitrogens with zero attached hydrogens (tertiary/aromatic N) is 3. The van der Waals surface area contributed by atoms with Gasteiger partial charge in [-0.1, -0.05) is 30.3 Å². The highest BCUT2D eigenvalue weighted by Gasteiger charge is 2.29. The molecule has 0 spiro atoms. The predicted molar refractivity (Wildman–Crippen MR) is 65.7 cm³/mol. The van der Waals surface area contributed by atoms with Crippen LogP contribution in [-0.4, -0.2) is 27.5 Å². The fourth-order valence-corrected chi connectivity index (χ4v) is 1.59. The monoisotopic (exact) mass is 267 g/mol. The van der Waals surface area contributed by atoms with Gasteiger partial charge in [-0.05, 0) is 5.56 Å². The maximum absolute atomic E-state index is 13.5. The molecule has 1 aromatic heterocycles. The zero-order chi connectivity index (χ0) is 13.6. The summed E-state index contributed by atoms with van der Waals surface area (Å²) in [5.41, 5.74) is 0.882. The van der Waals surface area contributed by atoms with E-state index in [-0.39, 0.29) is 19.6 Å². The minimum Gasteiger partial charge on any atom is -0.371 e. The normalized spacial score (nSPS) is 11.7. The molecule has 0 aliphatic carbocycles. The van der Waals surface area contributed by atoms with Gasteiger partial charge in [0.05, 0.1) is 25.5 Å². The molecule has 0 atom stereocenters. The Morgan fingerprint density at radius 1 is 1.11 bits per heavy atom. The minimum absolute atomic E-state index is 0.0781. The number of halogens is 2. The van der Waals surface area contributed by atoms with E-state index in [1.54, 1.807) is 0 Å². The van der Waals surface area contributed by atoms with E-state index in [4.69, 9.17) is 4.74 Å². The number of aromatic nitrogens is 3. The average molecular weight is 267 g/mol. The number of rotatable bonds is 7. The summed E-state index contributed by atoms with van der Waals surface area (Å²) in [5, 5.41) is 7.56. The molecule has 2 aromatic rings. The summed E-state index contributed by atoms with van der Waals surface area (Å²) in [6.45, 7) is -0.325. The van der Waals surface area contributed by atoms with Crippen molar-refractivity contribution in [3.05, 3.63) is 48.3 Å². The summed E-state index contributed by atoms with van der Waals surface area (Å²) >= 11 is 0. The van der Waals surface area contributed by atoms with Crippen molar-refractivity contribution >= 4 is 0 Å². The van der Waals surface area contributed by atoms with Gasteiger partial charge in [0.25, 0.3) is 5.92 Å². The molecule has 0 amide bonds. The van der Waals surface area contributed by atoms with Crippen LogP contribution in [-0.2, 0) is 17.9 Å². The maximum Gasteiger partial charge on any atom is 0.272 e. The number of alkyl halides is 2. The number of hydrogen-bond donors (Lipinski definition) is 0. The summed E-state index contributed by atoms with van der Waals surface area (Å²) in [7, 11) is 0. The van der Waals surface area contributed by atoms with Crippen LogP contribution in [0.5, 0.6) is 0 Å². The molecule has 0 N–H and O–H groups in total. The third-order valence-electron chi connectivity index (χ3n) is 2.57. The first-order chi connectivity index (χ1) is 9.16. The van der Waals surface area contributed by atoms with E-state index >= 15 is 0 Å². The Morgan fingerprint density at radius 3 is 2.47 bits per heavy atom. The summed E-state index contributed by atoms with van der Waals surface area (Å²) < 4.78 is 32.1. The number of hydrogen-bond acceptors (Lipinski definition) is 3. The quantitative estimate of drug-likeness (QED) is 0.774. The molecule has 0 fully saturated rings. The van der Waals surface area contributed by atoms with Crippen molar-refractivity contribution in [3.63, 3.8) is 0 Å². The first-order valence-electron chi connectivity index (χ1n) is 5.99. The van der Waals surface area contributed by atoms with Crippen LogP contribution < -0.4 is 0 Å². The van der Waals surface area contributed by atoms with Gasteiger partial charge in [-0.2, -0.15) is 15.0 Å². The Balaban J connectivity index is 1.71. The molecule has 2 rings (SSSR count). The second-order valence-electron chi connectivity index (χ2n) is 4.21. The fraction of sp³-hybridized carbons (Fsp3) is 0.385. The molecule has 0 radical (unpaired) electrons. The molecule has 0 saturated carbocycles. The highest BCUT2D eigenvalue weighted by molar-refractivity contribution is 5.13. The second kappa shape index (κ2) is 6.38. The molecule has 1 heterocycles. The lowest BCUT2D eigenvalue weighted by molar-refractivity contribution is -0.0896. The Bertz CT molecular complexity index is 474. The van der Waals surface area contributed by atoms with E-state index in [0.29, 0.717) is 0 Å². The van der Waals surface area contributed by atoms with Crippen LogP contribution in [0.2, 0.25) is 0 Å². The molecule has 0 saturated heterocycles. The number of benzene rings is 1. The summed E-state index contributed by atoms with van der Waals surface area (Å²) in [6.07, 6.45) is 2.59. The van der Waals surface area contributed by atoms with Crippen LogP contribution in [0.1, 0.15) is 12.0 Å². The van der Waals surface area contributed by atoms with Crippen molar-refractivity contribution in [2.24, 2.45) is 0 Å². The molecule has 102 valence electrons. The minimum atomic E-state index is -2.87. The first-order valence-corrected chi connectivity index (χ1v) is 5.99. The van der Waals surface area contributed by atoms with E-state index in [1.807, 2.05) is 30.3 Å². The number of ether oxygens (including phenoxy) is 1. The smallest absolute Gasteiger partial charge is 0.272 e. The molecule has 0 unspecified atom stereocenters. The van der Waals surface area contributed by atoms with Gasteiger partial charge in [-0.25, -0.2) is 8.78 Å². The van der Waals surface area contributed by atoms with Gasteiger partial charge < -0.3 is 4.74 Å². The second-order valence-corrected chi connectivity index (χ2v) is 4.21. The van der Waals surface area contributed by atoms with E-state index < -0.39 is 12.5 Å². The molecule has 0 bridgehead atoms. The zero-order valence-electron chi connectivity index (χ0n) is 10.4. The van der Waals surface area contributed by atoms with Crippen LogP contribution >= 0.6 is 0 Å². The van der Waals surface area contributed by atoms with Crippen molar-refractivity contribution in [2.75, 3.05) is 6.61 Å². The van der Waals surface area contributed by atoms with Crippen molar-refractivity contribution in [1.29, 1.82) is 0 Å². The summed E-state index contributed by atoms with van der Waals surface area (Å²) in [4.78, 5) is 1.24. The Kier molecular flexibility index (Phi) is 4.57. The van der Waals surface area contributed by atoms with Crippen LogP contribution in [0.15, 0.2) is 42.7 Å². The third kappa shape index (κ3) is 4.75. The van der Waals surface area contributed by atoms with Crippen molar-refractivity contribution in [3.8, 4) is 0 Å². The van der Waals surface area contributed by atoms with Gasteiger partial charge in [0.15, 0.2) is 0 Å². The Hall–Kier alpha value is -1.82. The maximum atomic E-state index is 13.5. The highest BCUT2D eigenvalue weighted by Crippen LogP contribution is 2.20. The SMILES string of the molecule is FC(F)(CCn1nccn1)COCc1ccccc1. The van der Waals surface area contributed by atoms with Gasteiger partial charge in [0.2, 0.25) is 0 Å². The molecule has 6 heteroatoms. The lowest BCUT2D eigenvalue weighted by Crippen LogP contribution is -2.26. The van der Waals surface area contributed by atoms with Crippen LogP contribution in [0.25, 0.3) is 0 Å². The van der Waals surface area contributed by atoms with E-state index in [0.717, 1.165) is 5.56 Å². The summed E-state index contributed by atoms with van der Waals surface area (Å²) in [5.74, 6) is -2.87. The van der Waals surface area contributed by atoms with E-state index in [2.05, 4.69) is 10.2 Å². The van der Waals surface area contributed by atoms with Gasteiger partial charge in [0.1, 0.15) is 6.61 Å². The van der Waals surface area contributed by atoms with E-state index in [9.17, 15) is 8.78 Å². The first kappa shape index (κ1) is 13.6. The van der Waals surface area contributed by atoms with E-state index in [1.165, 1.54) is 17.2 Å². The van der Waals surface area contributed by atoms with Crippen LogP contribution in [0, 0.1) is 0 Å². The predicted octanol–water partition coefficient (Wildman–Crippen LogP) is 2.52. The topological polar surface area (TPSA) is 39.9 Å². The van der Waals surface area contributed by atoms with Crippen molar-refractivity contribution in [2.45, 2.75) is 25.5 Å². The van der Waals surface area contributed by atoms with Crippen LogP contribution in [0.3, 0.4) is 0 Å². The van der Waals surface area contributed by atoms with Gasteiger partial charge in [-0.3, -0.25) is 0 Å². The molecular formula is C13H15F2N3O. The van der Waals surface area contributed by atoms with Crippen LogP contribution in [0.4, 0.5) is 8.78 Å². The molecule has 19 heavy (non-hydrogen) atoms. The van der Waals surface area contributed by atoms with Gasteiger partial charge in [0, 0.05) is 6.42 Å². The summed E-state index contributed by atoms with van der Waals surface area (Å²) in [6, 6.07) is 9.24. The lowest BCUT2D eigenvalue weighted by Gasteiger charge is -2.16. The highest BCUT2D eigenvalue weighted by atomic mass is 19.3. The molecule has 0 aliphatic heterocycles. The van der Waals surface area contributed by atoms with Crippen molar-refractivity contribution in [1.82, 2.24) is 15.0 Å². The Morgan fingerprint density at radius 2 is 1.79 bits per heavy atom. The zero-order valence-corrected chi connectivity index (χ0v) is 10.4. The molecule has 0 aliphatic rings. The van der Waals surface area contributed by atoms with Gasteiger partial charge in [-0.15, -0.1) is 0 Å². The molecular weight excluding hydrogens is 252 g/mol. The largest absolute Gasteiger partial charge is 0.371 e. The molecule has 1 aromatic carbocycles. The molecule has 4 nitrogen and oxygen atoms in total. The standard InChI is InChI=1S/C13H15F2N3O/c14-13(15,6-9-18-16-7-8-17-18)11-19-10-12-4-2-1-3-5-12/h1-5,7-8H,6,9-11H2.